The van der Waals surface area contributed by atoms with E-state index >= 15 is 0 Å². The van der Waals surface area contributed by atoms with Crippen molar-refractivity contribution in [1.29, 1.82) is 0 Å². The number of thiazole rings is 1. The molecular weight excluding hydrogens is 447 g/mol. The van der Waals surface area contributed by atoms with Crippen LogP contribution in [0.3, 0.4) is 0 Å². The van der Waals surface area contributed by atoms with Gasteiger partial charge in [0.25, 0.3) is 5.91 Å². The van der Waals surface area contributed by atoms with Crippen molar-refractivity contribution in [3.8, 4) is 0 Å². The second-order valence-electron chi connectivity index (χ2n) is 7.44. The molecule has 0 radical (unpaired) electrons. The Labute approximate surface area is 187 Å². The molecule has 1 aliphatic heterocycles. The van der Waals surface area contributed by atoms with Crippen molar-refractivity contribution in [2.75, 3.05) is 24.2 Å². The summed E-state index contributed by atoms with van der Waals surface area (Å²) in [5, 5.41) is 7.30. The monoisotopic (exact) mass is 470 g/mol. The van der Waals surface area contributed by atoms with Gasteiger partial charge < -0.3 is 20.3 Å². The third kappa shape index (κ3) is 6.02. The number of nitrogens with zero attached hydrogens (tertiary/aromatic N) is 2. The molecule has 7 nitrogen and oxygen atoms in total. The van der Waals surface area contributed by atoms with Crippen LogP contribution in [0.5, 0.6) is 0 Å². The number of fused-ring (bicyclic) bond motifs is 1. The van der Waals surface area contributed by atoms with E-state index in [1.807, 2.05) is 32.7 Å². The van der Waals surface area contributed by atoms with Crippen molar-refractivity contribution >= 4 is 52.5 Å². The van der Waals surface area contributed by atoms with Crippen LogP contribution in [0.2, 0.25) is 0 Å². The predicted octanol–water partition coefficient (Wildman–Crippen LogP) is 4.15. The second-order valence-corrected chi connectivity index (χ2v) is 10.8. The van der Waals surface area contributed by atoms with E-state index in [0.717, 1.165) is 14.9 Å². The molecule has 1 atom stereocenters. The van der Waals surface area contributed by atoms with Gasteiger partial charge in [0.1, 0.15) is 17.1 Å². The van der Waals surface area contributed by atoms with Crippen molar-refractivity contribution in [1.82, 2.24) is 15.6 Å². The number of ether oxygens (including phenoxy) is 1. The van der Waals surface area contributed by atoms with E-state index in [4.69, 9.17) is 4.74 Å². The minimum atomic E-state index is -0.532. The van der Waals surface area contributed by atoms with Gasteiger partial charge in [0.2, 0.25) is 0 Å². The number of halogens is 1. The summed E-state index contributed by atoms with van der Waals surface area (Å²) in [6, 6.07) is 4.57. The molecule has 2 amide bonds. The van der Waals surface area contributed by atoms with E-state index in [2.05, 4.69) is 15.6 Å². The molecule has 1 aromatic heterocycles. The van der Waals surface area contributed by atoms with Crippen molar-refractivity contribution < 1.29 is 18.7 Å². The van der Waals surface area contributed by atoms with E-state index in [9.17, 15) is 14.0 Å². The minimum Gasteiger partial charge on any atom is -0.444 e. The molecule has 2 aromatic rings. The van der Waals surface area contributed by atoms with E-state index < -0.39 is 11.7 Å². The number of nitrogens with one attached hydrogen (secondary N) is 2. The maximum absolute atomic E-state index is 13.5. The van der Waals surface area contributed by atoms with Gasteiger partial charge in [-0.1, -0.05) is 23.5 Å². The number of carbonyl (C=O) groups is 2. The number of benzene rings is 1. The highest BCUT2D eigenvalue weighted by Gasteiger charge is 2.29. The molecule has 2 N–H and O–H groups in total. The average molecular weight is 471 g/mol. The van der Waals surface area contributed by atoms with Crippen LogP contribution in [0.4, 0.5) is 14.9 Å². The van der Waals surface area contributed by atoms with E-state index in [1.54, 1.807) is 11.4 Å². The van der Waals surface area contributed by atoms with Crippen LogP contribution in [-0.4, -0.2) is 47.4 Å². The smallest absolute Gasteiger partial charge is 0.407 e. The number of alkyl carbamates (subject to hydrolysis) is 1. The molecule has 30 heavy (non-hydrogen) atoms. The van der Waals surface area contributed by atoms with Crippen LogP contribution in [0.15, 0.2) is 32.8 Å². The summed E-state index contributed by atoms with van der Waals surface area (Å²) in [5.41, 5.74) is 0.219. The zero-order valence-electron chi connectivity index (χ0n) is 17.0. The quantitative estimate of drug-likeness (QED) is 0.485. The maximum atomic E-state index is 13.5. The molecule has 1 aliphatic rings. The first kappa shape index (κ1) is 22.7. The maximum Gasteiger partial charge on any atom is 0.407 e. The lowest BCUT2D eigenvalue weighted by atomic mass is 10.2. The summed E-state index contributed by atoms with van der Waals surface area (Å²) in [5.74, 6) is 0.00808. The Balaban J connectivity index is 1.46. The molecule has 0 fully saturated rings. The molecule has 0 bridgehead atoms. The fourth-order valence-electron chi connectivity index (χ4n) is 2.54. The van der Waals surface area contributed by atoms with Gasteiger partial charge in [-0.2, -0.15) is 0 Å². The second kappa shape index (κ2) is 9.44. The van der Waals surface area contributed by atoms with E-state index in [-0.39, 0.29) is 17.2 Å². The van der Waals surface area contributed by atoms with Crippen molar-refractivity contribution in [3.63, 3.8) is 0 Å². The molecular formula is C19H23FN4O3S3. The van der Waals surface area contributed by atoms with Crippen molar-refractivity contribution in [2.24, 2.45) is 0 Å². The SMILES string of the molecule is CN1c2cc(F)ccc2SC1NC(=O)c1csc(SCCNC(=O)OC(C)(C)C)n1. The van der Waals surface area contributed by atoms with E-state index in [1.165, 1.54) is 47.0 Å². The van der Waals surface area contributed by atoms with Crippen LogP contribution in [0, 0.1) is 5.82 Å². The summed E-state index contributed by atoms with van der Waals surface area (Å²) in [6.07, 6.45) is -0.457. The van der Waals surface area contributed by atoms with Crippen LogP contribution < -0.4 is 15.5 Å². The lowest BCUT2D eigenvalue weighted by Gasteiger charge is -2.21. The molecule has 3 rings (SSSR count). The fraction of sp³-hybridized carbons (Fsp3) is 0.421. The first-order chi connectivity index (χ1) is 14.1. The molecule has 2 heterocycles. The first-order valence-electron chi connectivity index (χ1n) is 9.17. The fourth-order valence-corrected chi connectivity index (χ4v) is 5.42. The Kier molecular flexibility index (Phi) is 7.14. The average Bonchev–Trinajstić information content (AvgIpc) is 3.23. The van der Waals surface area contributed by atoms with Gasteiger partial charge in [-0.05, 0) is 39.0 Å². The largest absolute Gasteiger partial charge is 0.444 e. The first-order valence-corrected chi connectivity index (χ1v) is 11.9. The van der Waals surface area contributed by atoms with Gasteiger partial charge in [0, 0.05) is 29.6 Å². The summed E-state index contributed by atoms with van der Waals surface area (Å²) in [7, 11) is 1.81. The number of amides is 2. The Morgan fingerprint density at radius 3 is 2.87 bits per heavy atom. The highest BCUT2D eigenvalue weighted by molar-refractivity contribution is 8.01. The number of hydrogen-bond donors (Lipinski definition) is 2. The van der Waals surface area contributed by atoms with Crippen LogP contribution in [0.1, 0.15) is 31.3 Å². The molecule has 1 unspecified atom stereocenters. The zero-order chi connectivity index (χ0) is 21.9. The molecule has 162 valence electrons. The number of aromatic nitrogens is 1. The highest BCUT2D eigenvalue weighted by atomic mass is 32.2. The summed E-state index contributed by atoms with van der Waals surface area (Å²) < 4.78 is 19.4. The van der Waals surface area contributed by atoms with Gasteiger partial charge in [-0.3, -0.25) is 4.79 Å². The normalized spacial score (nSPS) is 15.6. The van der Waals surface area contributed by atoms with E-state index in [0.29, 0.717) is 18.0 Å². The number of anilines is 1. The van der Waals surface area contributed by atoms with Gasteiger partial charge in [0.15, 0.2) is 9.84 Å². The highest BCUT2D eigenvalue weighted by Crippen LogP contribution is 2.41. The Morgan fingerprint density at radius 2 is 2.13 bits per heavy atom. The number of rotatable bonds is 6. The molecule has 0 saturated heterocycles. The van der Waals surface area contributed by atoms with Crippen molar-refractivity contribution in [3.05, 3.63) is 35.1 Å². The number of thioether (sulfide) groups is 2. The predicted molar refractivity (Wildman–Crippen MR) is 119 cm³/mol. The van der Waals surface area contributed by atoms with Gasteiger partial charge in [-0.15, -0.1) is 11.3 Å². The molecule has 1 aromatic carbocycles. The standard InChI is InChI=1S/C19H23FN4O3S3/c1-19(2,3)27-17(26)21-7-8-28-18-22-12(10-29-18)15(25)23-16-24(4)13-9-11(20)5-6-14(13)30-16/h5-6,9-10,16H,7-8H2,1-4H3,(H,21,26)(H,23,25). The Morgan fingerprint density at radius 1 is 1.37 bits per heavy atom. The summed E-state index contributed by atoms with van der Waals surface area (Å²) in [6.45, 7) is 5.85. The third-order valence-corrected chi connectivity index (χ3v) is 7.14. The Bertz CT molecular complexity index is 932. The van der Waals surface area contributed by atoms with Crippen LogP contribution in [-0.2, 0) is 4.74 Å². The topological polar surface area (TPSA) is 83.6 Å². The lowest BCUT2D eigenvalue weighted by molar-refractivity contribution is 0.0531. The lowest BCUT2D eigenvalue weighted by Crippen LogP contribution is -2.42. The van der Waals surface area contributed by atoms with Crippen LogP contribution in [0.25, 0.3) is 0 Å². The van der Waals surface area contributed by atoms with Crippen molar-refractivity contribution in [2.45, 2.75) is 41.1 Å². The molecule has 0 saturated carbocycles. The number of carbonyl (C=O) groups excluding carboxylic acids is 2. The Hall–Kier alpha value is -1.98. The molecule has 0 spiro atoms. The van der Waals surface area contributed by atoms with Gasteiger partial charge in [0.05, 0.1) is 5.69 Å². The van der Waals surface area contributed by atoms with Gasteiger partial charge in [-0.25, -0.2) is 14.2 Å². The molecule has 0 aliphatic carbocycles. The minimum absolute atomic E-state index is 0.289. The summed E-state index contributed by atoms with van der Waals surface area (Å²) >= 11 is 4.28. The van der Waals surface area contributed by atoms with Crippen LogP contribution >= 0.6 is 34.9 Å². The third-order valence-electron chi connectivity index (χ3n) is 3.86. The molecule has 11 heteroatoms. The summed E-state index contributed by atoms with van der Waals surface area (Å²) in [4.78, 5) is 31.3. The zero-order valence-corrected chi connectivity index (χ0v) is 19.5. The van der Waals surface area contributed by atoms with Gasteiger partial charge >= 0.3 is 6.09 Å². The number of hydrogen-bond acceptors (Lipinski definition) is 8.